The number of rotatable bonds is 3. The minimum absolute atomic E-state index is 0. The van der Waals surface area contributed by atoms with Gasteiger partial charge in [-0.25, -0.2) is 4.98 Å². The fourth-order valence-corrected chi connectivity index (χ4v) is 3.56. The normalized spacial score (nSPS) is 18.2. The minimum Gasteiger partial charge on any atom is -0.314 e. The highest BCUT2D eigenvalue weighted by atomic mass is 35.5. The summed E-state index contributed by atoms with van der Waals surface area (Å²) in [6.45, 7) is 5.82. The van der Waals surface area contributed by atoms with E-state index in [0.717, 1.165) is 47.9 Å². The van der Waals surface area contributed by atoms with E-state index < -0.39 is 0 Å². The highest BCUT2D eigenvalue weighted by molar-refractivity contribution is 6.30. The monoisotopic (exact) mass is 377 g/mol. The van der Waals surface area contributed by atoms with Gasteiger partial charge in [-0.05, 0) is 36.2 Å². The van der Waals surface area contributed by atoms with Gasteiger partial charge in [-0.3, -0.25) is 10.00 Å². The number of nitrogens with one attached hydrogen (secondary N) is 2. The lowest BCUT2D eigenvalue weighted by molar-refractivity contribution is 0.153. The van der Waals surface area contributed by atoms with Gasteiger partial charge in [0.15, 0.2) is 5.65 Å². The smallest absolute Gasteiger partial charge is 0.181 e. The van der Waals surface area contributed by atoms with Crippen LogP contribution in [0.25, 0.3) is 11.0 Å². The van der Waals surface area contributed by atoms with Gasteiger partial charge in [0, 0.05) is 54.5 Å². The summed E-state index contributed by atoms with van der Waals surface area (Å²) in [4.78, 5) is 6.96. The van der Waals surface area contributed by atoms with E-state index in [2.05, 4.69) is 43.6 Å². The average Bonchev–Trinajstić information content (AvgIpc) is 2.96. The molecule has 1 aliphatic heterocycles. The molecule has 0 saturated carbocycles. The van der Waals surface area contributed by atoms with Crippen LogP contribution in [0.4, 0.5) is 0 Å². The highest BCUT2D eigenvalue weighted by Crippen LogP contribution is 2.26. The van der Waals surface area contributed by atoms with Crippen LogP contribution in [0.15, 0.2) is 36.5 Å². The van der Waals surface area contributed by atoms with Crippen molar-refractivity contribution in [2.45, 2.75) is 19.5 Å². The van der Waals surface area contributed by atoms with Crippen LogP contribution in [-0.4, -0.2) is 39.7 Å². The Morgan fingerprint density at radius 1 is 1.32 bits per heavy atom. The van der Waals surface area contributed by atoms with Crippen LogP contribution in [0, 0.1) is 6.92 Å². The molecule has 1 saturated heterocycles. The molecule has 4 rings (SSSR count). The summed E-state index contributed by atoms with van der Waals surface area (Å²) in [6, 6.07) is 10.7. The second-order valence-electron chi connectivity index (χ2n) is 6.31. The lowest BCUT2D eigenvalue weighted by Crippen LogP contribution is -2.45. The number of benzene rings is 1. The van der Waals surface area contributed by atoms with Gasteiger partial charge in [0.2, 0.25) is 0 Å². The van der Waals surface area contributed by atoms with Crippen LogP contribution in [-0.2, 0) is 6.54 Å². The van der Waals surface area contributed by atoms with Crippen molar-refractivity contribution in [3.8, 4) is 0 Å². The summed E-state index contributed by atoms with van der Waals surface area (Å²) in [5, 5.41) is 12.6. The van der Waals surface area contributed by atoms with E-state index in [1.165, 1.54) is 11.1 Å². The van der Waals surface area contributed by atoms with Gasteiger partial charge < -0.3 is 5.32 Å². The second kappa shape index (κ2) is 7.70. The van der Waals surface area contributed by atoms with E-state index >= 15 is 0 Å². The molecule has 3 aromatic rings. The standard InChI is InChI=1S/C18H20ClN5.ClH/c1-12-16-7-13(9-21-18(16)23-22-12)11-24-6-5-20-10-17(24)14-3-2-4-15(19)8-14;/h2-4,7-9,17,20H,5-6,10-11H2,1H3,(H,21,22,23);1H. The number of halogens is 2. The van der Waals surface area contributed by atoms with Crippen molar-refractivity contribution in [3.05, 3.63) is 58.4 Å². The molecule has 2 aromatic heterocycles. The number of aromatic nitrogens is 3. The van der Waals surface area contributed by atoms with Crippen LogP contribution in [0.2, 0.25) is 5.02 Å². The van der Waals surface area contributed by atoms with E-state index in [9.17, 15) is 0 Å². The van der Waals surface area contributed by atoms with Gasteiger partial charge in [-0.2, -0.15) is 5.10 Å². The van der Waals surface area contributed by atoms with Gasteiger partial charge in [0.25, 0.3) is 0 Å². The molecular formula is C18H21Cl2N5. The highest BCUT2D eigenvalue weighted by Gasteiger charge is 2.24. The molecule has 3 heterocycles. The maximum atomic E-state index is 6.18. The van der Waals surface area contributed by atoms with Crippen molar-refractivity contribution in [2.75, 3.05) is 19.6 Å². The van der Waals surface area contributed by atoms with Gasteiger partial charge >= 0.3 is 0 Å². The van der Waals surface area contributed by atoms with Crippen molar-refractivity contribution < 1.29 is 0 Å². The molecule has 1 fully saturated rings. The zero-order chi connectivity index (χ0) is 16.5. The predicted octanol–water partition coefficient (Wildman–Crippen LogP) is 3.49. The Hall–Kier alpha value is -1.66. The Balaban J connectivity index is 0.00000182. The lowest BCUT2D eigenvalue weighted by Gasteiger charge is -2.36. The van der Waals surface area contributed by atoms with Crippen LogP contribution in [0.3, 0.4) is 0 Å². The molecule has 0 spiro atoms. The predicted molar refractivity (Wildman–Crippen MR) is 103 cm³/mol. The molecule has 2 N–H and O–H groups in total. The average molecular weight is 378 g/mol. The first-order valence-corrected chi connectivity index (χ1v) is 8.58. The number of nitrogens with zero attached hydrogens (tertiary/aromatic N) is 3. The van der Waals surface area contributed by atoms with Gasteiger partial charge in [-0.1, -0.05) is 23.7 Å². The fraction of sp³-hybridized carbons (Fsp3) is 0.333. The number of H-pyrrole nitrogens is 1. The number of aryl methyl sites for hydroxylation is 1. The molecule has 1 aliphatic rings. The summed E-state index contributed by atoms with van der Waals surface area (Å²) in [7, 11) is 0. The van der Waals surface area contributed by atoms with E-state index in [1.807, 2.05) is 25.3 Å². The van der Waals surface area contributed by atoms with Gasteiger partial charge in [-0.15, -0.1) is 12.4 Å². The largest absolute Gasteiger partial charge is 0.314 e. The third kappa shape index (κ3) is 3.80. The Morgan fingerprint density at radius 3 is 3.04 bits per heavy atom. The number of hydrogen-bond acceptors (Lipinski definition) is 4. The number of hydrogen-bond donors (Lipinski definition) is 2. The Morgan fingerprint density at radius 2 is 2.20 bits per heavy atom. The Labute approximate surface area is 158 Å². The topological polar surface area (TPSA) is 56.8 Å². The number of fused-ring (bicyclic) bond motifs is 1. The third-order valence-electron chi connectivity index (χ3n) is 4.63. The summed E-state index contributed by atoms with van der Waals surface area (Å²) in [6.07, 6.45) is 1.93. The van der Waals surface area contributed by atoms with Crippen LogP contribution < -0.4 is 5.32 Å². The van der Waals surface area contributed by atoms with E-state index in [0.29, 0.717) is 6.04 Å². The lowest BCUT2D eigenvalue weighted by atomic mass is 10.0. The molecule has 1 unspecified atom stereocenters. The number of pyridine rings is 1. The fourth-order valence-electron chi connectivity index (χ4n) is 3.36. The molecule has 0 aliphatic carbocycles. The zero-order valence-corrected chi connectivity index (χ0v) is 15.6. The van der Waals surface area contributed by atoms with Crippen molar-refractivity contribution in [3.63, 3.8) is 0 Å². The SMILES string of the molecule is Cc1[nH]nc2ncc(CN3CCNCC3c3cccc(Cl)c3)cc12.Cl. The Bertz CT molecular complexity index is 864. The zero-order valence-electron chi connectivity index (χ0n) is 14.0. The molecule has 0 amide bonds. The summed E-state index contributed by atoms with van der Waals surface area (Å²) in [5.74, 6) is 0. The molecule has 25 heavy (non-hydrogen) atoms. The quantitative estimate of drug-likeness (QED) is 0.733. The van der Waals surface area contributed by atoms with Crippen molar-refractivity contribution >= 4 is 35.0 Å². The molecule has 5 nitrogen and oxygen atoms in total. The van der Waals surface area contributed by atoms with Crippen molar-refractivity contribution in [2.24, 2.45) is 0 Å². The Kier molecular flexibility index (Phi) is 5.59. The van der Waals surface area contributed by atoms with Crippen molar-refractivity contribution in [1.29, 1.82) is 0 Å². The molecule has 1 aromatic carbocycles. The summed E-state index contributed by atoms with van der Waals surface area (Å²) < 4.78 is 0. The second-order valence-corrected chi connectivity index (χ2v) is 6.75. The third-order valence-corrected chi connectivity index (χ3v) is 4.87. The molecular weight excluding hydrogens is 357 g/mol. The maximum Gasteiger partial charge on any atom is 0.181 e. The number of aromatic amines is 1. The van der Waals surface area contributed by atoms with E-state index in [1.54, 1.807) is 0 Å². The summed E-state index contributed by atoms with van der Waals surface area (Å²) in [5.41, 5.74) is 4.30. The molecule has 1 atom stereocenters. The number of piperazine rings is 1. The molecule has 132 valence electrons. The first kappa shape index (κ1) is 18.1. The van der Waals surface area contributed by atoms with Crippen LogP contribution >= 0.6 is 24.0 Å². The minimum atomic E-state index is 0. The first-order valence-electron chi connectivity index (χ1n) is 8.20. The molecule has 0 radical (unpaired) electrons. The van der Waals surface area contributed by atoms with Gasteiger partial charge in [0.05, 0.1) is 0 Å². The van der Waals surface area contributed by atoms with Gasteiger partial charge in [0.1, 0.15) is 0 Å². The van der Waals surface area contributed by atoms with Crippen LogP contribution in [0.1, 0.15) is 22.9 Å². The van der Waals surface area contributed by atoms with Crippen LogP contribution in [0.5, 0.6) is 0 Å². The molecule has 7 heteroatoms. The summed E-state index contributed by atoms with van der Waals surface area (Å²) >= 11 is 6.18. The van der Waals surface area contributed by atoms with Crippen molar-refractivity contribution in [1.82, 2.24) is 25.4 Å². The maximum absolute atomic E-state index is 6.18. The van der Waals surface area contributed by atoms with E-state index in [4.69, 9.17) is 11.6 Å². The first-order chi connectivity index (χ1) is 11.7. The molecule has 0 bridgehead atoms. The van der Waals surface area contributed by atoms with E-state index in [-0.39, 0.29) is 12.4 Å².